The standard InChI is InChI=1S/C26H21ClN4O3/c1-17-22(25(32)30(12-13-34-2)26(33)23(17)15-28)14-19-16-31(21-6-4-3-5-7-21)29-24(19)18-8-10-20(27)11-9-18/h3-11,14,16H,12-13H2,1-2H3/b22-14+. The summed E-state index contributed by atoms with van der Waals surface area (Å²) in [6.07, 6.45) is 3.49. The van der Waals surface area contributed by atoms with Gasteiger partial charge in [0.2, 0.25) is 0 Å². The van der Waals surface area contributed by atoms with Crippen molar-refractivity contribution in [2.45, 2.75) is 6.92 Å². The average Bonchev–Trinajstić information content (AvgIpc) is 3.27. The van der Waals surface area contributed by atoms with E-state index in [4.69, 9.17) is 21.4 Å². The highest BCUT2D eigenvalue weighted by Gasteiger charge is 2.35. The van der Waals surface area contributed by atoms with E-state index in [1.165, 1.54) is 7.11 Å². The van der Waals surface area contributed by atoms with Gasteiger partial charge in [0.1, 0.15) is 11.6 Å². The molecule has 0 atom stereocenters. The SMILES string of the molecule is COCCN1C(=O)C(C#N)=C(C)/C(=C\c2cn(-c3ccccc3)nc2-c2ccc(Cl)cc2)C1=O. The first-order valence-corrected chi connectivity index (χ1v) is 10.9. The fraction of sp³-hybridized carbons (Fsp3) is 0.154. The van der Waals surface area contributed by atoms with E-state index in [1.54, 1.807) is 29.8 Å². The molecular formula is C26H21ClN4O3. The summed E-state index contributed by atoms with van der Waals surface area (Å²) in [7, 11) is 1.48. The van der Waals surface area contributed by atoms with Crippen LogP contribution in [0, 0.1) is 11.3 Å². The number of nitrogens with zero attached hydrogens (tertiary/aromatic N) is 4. The van der Waals surface area contributed by atoms with Gasteiger partial charge in [0.05, 0.1) is 24.5 Å². The lowest BCUT2D eigenvalue weighted by molar-refractivity contribution is -0.141. The maximum Gasteiger partial charge on any atom is 0.271 e. The van der Waals surface area contributed by atoms with E-state index in [-0.39, 0.29) is 24.3 Å². The molecule has 34 heavy (non-hydrogen) atoms. The lowest BCUT2D eigenvalue weighted by Crippen LogP contribution is -2.44. The minimum absolute atomic E-state index is 0.0529. The lowest BCUT2D eigenvalue weighted by atomic mass is 9.93. The second kappa shape index (κ2) is 9.87. The molecule has 1 aliphatic rings. The topological polar surface area (TPSA) is 88.2 Å². The Morgan fingerprint density at radius 1 is 1.09 bits per heavy atom. The largest absolute Gasteiger partial charge is 0.383 e. The Morgan fingerprint density at radius 2 is 1.79 bits per heavy atom. The van der Waals surface area contributed by atoms with E-state index in [0.717, 1.165) is 16.2 Å². The predicted molar refractivity (Wildman–Crippen MR) is 129 cm³/mol. The van der Waals surface area contributed by atoms with E-state index in [9.17, 15) is 14.9 Å². The van der Waals surface area contributed by atoms with E-state index in [2.05, 4.69) is 0 Å². The number of carbonyl (C=O) groups is 2. The van der Waals surface area contributed by atoms with Crippen LogP contribution in [-0.2, 0) is 14.3 Å². The van der Waals surface area contributed by atoms with Crippen molar-refractivity contribution in [3.8, 4) is 23.0 Å². The zero-order valence-corrected chi connectivity index (χ0v) is 19.4. The van der Waals surface area contributed by atoms with Crippen LogP contribution >= 0.6 is 11.6 Å². The highest BCUT2D eigenvalue weighted by Crippen LogP contribution is 2.31. The van der Waals surface area contributed by atoms with E-state index in [0.29, 0.717) is 21.9 Å². The molecule has 170 valence electrons. The van der Waals surface area contributed by atoms with Crippen LogP contribution in [0.15, 0.2) is 77.5 Å². The molecule has 0 radical (unpaired) electrons. The van der Waals surface area contributed by atoms with Crippen LogP contribution in [0.1, 0.15) is 12.5 Å². The summed E-state index contributed by atoms with van der Waals surface area (Å²) in [5.74, 6) is -1.09. The number of benzene rings is 2. The summed E-state index contributed by atoms with van der Waals surface area (Å²) in [6.45, 7) is 1.83. The molecule has 2 amide bonds. The molecule has 0 aliphatic carbocycles. The number of para-hydroxylation sites is 1. The number of hydrogen-bond acceptors (Lipinski definition) is 5. The first-order chi connectivity index (χ1) is 16.4. The summed E-state index contributed by atoms with van der Waals surface area (Å²) in [4.78, 5) is 27.0. The number of methoxy groups -OCH3 is 1. The van der Waals surface area contributed by atoms with Gasteiger partial charge in [0, 0.05) is 35.0 Å². The Balaban J connectivity index is 1.89. The second-order valence-corrected chi connectivity index (χ2v) is 8.08. The number of nitriles is 1. The third-order valence-corrected chi connectivity index (χ3v) is 5.78. The van der Waals surface area contributed by atoms with E-state index in [1.807, 2.05) is 54.7 Å². The van der Waals surface area contributed by atoms with Crippen LogP contribution in [0.2, 0.25) is 5.02 Å². The number of amides is 2. The smallest absolute Gasteiger partial charge is 0.271 e. The quantitative estimate of drug-likeness (QED) is 0.391. The number of halogens is 1. The zero-order valence-electron chi connectivity index (χ0n) is 18.7. The second-order valence-electron chi connectivity index (χ2n) is 7.64. The summed E-state index contributed by atoms with van der Waals surface area (Å²) in [6, 6.07) is 18.8. The third-order valence-electron chi connectivity index (χ3n) is 5.53. The molecule has 0 N–H and O–H groups in total. The molecule has 2 aromatic carbocycles. The van der Waals surface area contributed by atoms with Crippen LogP contribution < -0.4 is 0 Å². The van der Waals surface area contributed by atoms with Gasteiger partial charge < -0.3 is 4.74 Å². The van der Waals surface area contributed by atoms with E-state index >= 15 is 0 Å². The molecule has 0 fully saturated rings. The van der Waals surface area contributed by atoms with Gasteiger partial charge in [-0.25, -0.2) is 4.68 Å². The zero-order chi connectivity index (χ0) is 24.2. The van der Waals surface area contributed by atoms with Gasteiger partial charge in [-0.1, -0.05) is 41.9 Å². The minimum Gasteiger partial charge on any atom is -0.383 e. The molecule has 2 heterocycles. The highest BCUT2D eigenvalue weighted by atomic mass is 35.5. The first kappa shape index (κ1) is 23.2. The molecular weight excluding hydrogens is 452 g/mol. The van der Waals surface area contributed by atoms with E-state index < -0.39 is 11.8 Å². The van der Waals surface area contributed by atoms with Crippen LogP contribution in [0.3, 0.4) is 0 Å². The molecule has 0 saturated carbocycles. The maximum absolute atomic E-state index is 13.3. The number of carbonyl (C=O) groups excluding carboxylic acids is 2. The van der Waals surface area contributed by atoms with Crippen molar-refractivity contribution in [1.29, 1.82) is 5.26 Å². The summed E-state index contributed by atoms with van der Waals surface area (Å²) < 4.78 is 6.76. The van der Waals surface area contributed by atoms with Gasteiger partial charge in [-0.15, -0.1) is 0 Å². The minimum atomic E-state index is -0.614. The summed E-state index contributed by atoms with van der Waals surface area (Å²) >= 11 is 6.07. The Hall–Kier alpha value is -3.99. The summed E-state index contributed by atoms with van der Waals surface area (Å²) in [5.41, 5.74) is 3.48. The first-order valence-electron chi connectivity index (χ1n) is 10.5. The van der Waals surface area contributed by atoms with Crippen LogP contribution in [0.4, 0.5) is 0 Å². The van der Waals surface area contributed by atoms with Crippen LogP contribution in [0.25, 0.3) is 23.0 Å². The fourth-order valence-electron chi connectivity index (χ4n) is 3.71. The summed E-state index contributed by atoms with van der Waals surface area (Å²) in [5, 5.41) is 15.0. The maximum atomic E-state index is 13.3. The number of hydrogen-bond donors (Lipinski definition) is 0. The van der Waals surface area contributed by atoms with Crippen molar-refractivity contribution in [3.63, 3.8) is 0 Å². The molecule has 1 aromatic heterocycles. The highest BCUT2D eigenvalue weighted by molar-refractivity contribution is 6.30. The van der Waals surface area contributed by atoms with Crippen LogP contribution in [-0.4, -0.2) is 46.8 Å². The van der Waals surface area contributed by atoms with Crippen molar-refractivity contribution in [2.24, 2.45) is 0 Å². The van der Waals surface area contributed by atoms with Gasteiger partial charge >= 0.3 is 0 Å². The van der Waals surface area contributed by atoms with Crippen molar-refractivity contribution in [1.82, 2.24) is 14.7 Å². The number of aromatic nitrogens is 2. The van der Waals surface area contributed by atoms with Gasteiger partial charge in [-0.05, 0) is 42.8 Å². The van der Waals surface area contributed by atoms with Crippen molar-refractivity contribution in [3.05, 3.63) is 88.1 Å². The van der Waals surface area contributed by atoms with Crippen molar-refractivity contribution < 1.29 is 14.3 Å². The third kappa shape index (κ3) is 4.42. The van der Waals surface area contributed by atoms with Gasteiger partial charge in [-0.2, -0.15) is 10.4 Å². The van der Waals surface area contributed by atoms with Crippen molar-refractivity contribution >= 4 is 29.5 Å². The lowest BCUT2D eigenvalue weighted by Gasteiger charge is -2.27. The number of imide groups is 1. The molecule has 4 rings (SSSR count). The Kier molecular flexibility index (Phi) is 6.73. The number of rotatable bonds is 6. The molecule has 0 spiro atoms. The van der Waals surface area contributed by atoms with Crippen molar-refractivity contribution in [2.75, 3.05) is 20.3 Å². The average molecular weight is 473 g/mol. The van der Waals surface area contributed by atoms with Gasteiger partial charge in [0.25, 0.3) is 11.8 Å². The molecule has 7 nitrogen and oxygen atoms in total. The molecule has 0 saturated heterocycles. The fourth-order valence-corrected chi connectivity index (χ4v) is 3.83. The Labute approximate surface area is 202 Å². The predicted octanol–water partition coefficient (Wildman–Crippen LogP) is 4.43. The molecule has 3 aromatic rings. The molecule has 8 heteroatoms. The van der Waals surface area contributed by atoms with Gasteiger partial charge in [0.15, 0.2) is 0 Å². The molecule has 0 unspecified atom stereocenters. The Bertz CT molecular complexity index is 1350. The van der Waals surface area contributed by atoms with Crippen LogP contribution in [0.5, 0.6) is 0 Å². The normalized spacial score (nSPS) is 15.2. The number of ether oxygens (including phenoxy) is 1. The Morgan fingerprint density at radius 3 is 2.44 bits per heavy atom. The molecule has 1 aliphatic heterocycles. The molecule has 0 bridgehead atoms. The monoisotopic (exact) mass is 472 g/mol. The van der Waals surface area contributed by atoms with Gasteiger partial charge in [-0.3, -0.25) is 14.5 Å².